The number of hydrogen-bond acceptors (Lipinski definition) is 6. The summed E-state index contributed by atoms with van der Waals surface area (Å²) in [5, 5.41) is 1.97. The van der Waals surface area contributed by atoms with Crippen molar-refractivity contribution in [3.8, 4) is 32.5 Å². The van der Waals surface area contributed by atoms with Gasteiger partial charge in [0.25, 0.3) is 0 Å². The first-order chi connectivity index (χ1) is 14.8. The standard InChI is InChI=1S/C24H14N4S2/c1-3-7-21-18(5-1)27-23(29-21)15-11-12-25-20(13-15)17-10-9-16(14-26-17)24-28-19-6-2-4-8-22(19)30-24/h1-14H. The molecule has 142 valence electrons. The molecule has 0 aliphatic heterocycles. The molecule has 4 nitrogen and oxygen atoms in total. The van der Waals surface area contributed by atoms with Crippen molar-refractivity contribution >= 4 is 43.1 Å². The van der Waals surface area contributed by atoms with Gasteiger partial charge in [0.05, 0.1) is 31.8 Å². The van der Waals surface area contributed by atoms with Gasteiger partial charge in [0.15, 0.2) is 0 Å². The molecule has 0 fully saturated rings. The molecule has 0 N–H and O–H groups in total. The Morgan fingerprint density at radius 2 is 1.23 bits per heavy atom. The highest BCUT2D eigenvalue weighted by Crippen LogP contribution is 2.33. The van der Waals surface area contributed by atoms with Crippen molar-refractivity contribution < 1.29 is 0 Å². The third-order valence-corrected chi connectivity index (χ3v) is 7.04. The van der Waals surface area contributed by atoms with Crippen molar-refractivity contribution in [2.75, 3.05) is 0 Å². The highest BCUT2D eigenvalue weighted by atomic mass is 32.1. The van der Waals surface area contributed by atoms with Gasteiger partial charge in [-0.3, -0.25) is 9.97 Å². The van der Waals surface area contributed by atoms with Gasteiger partial charge in [-0.1, -0.05) is 24.3 Å². The molecule has 0 unspecified atom stereocenters. The maximum atomic E-state index is 4.76. The molecule has 0 spiro atoms. The molecule has 0 amide bonds. The molecular weight excluding hydrogens is 408 g/mol. The van der Waals surface area contributed by atoms with Crippen LogP contribution in [-0.2, 0) is 0 Å². The maximum absolute atomic E-state index is 4.76. The Bertz CT molecular complexity index is 1430. The van der Waals surface area contributed by atoms with Crippen LogP contribution in [-0.4, -0.2) is 19.9 Å². The van der Waals surface area contributed by atoms with Crippen molar-refractivity contribution in [1.82, 2.24) is 19.9 Å². The van der Waals surface area contributed by atoms with Crippen LogP contribution in [0.4, 0.5) is 0 Å². The van der Waals surface area contributed by atoms with E-state index in [2.05, 4.69) is 34.2 Å². The Kier molecular flexibility index (Phi) is 4.11. The van der Waals surface area contributed by atoms with Crippen LogP contribution in [0.15, 0.2) is 85.2 Å². The molecule has 0 saturated carbocycles. The van der Waals surface area contributed by atoms with Crippen molar-refractivity contribution in [2.45, 2.75) is 0 Å². The summed E-state index contributed by atoms with van der Waals surface area (Å²) in [5.74, 6) is 0. The summed E-state index contributed by atoms with van der Waals surface area (Å²) >= 11 is 3.37. The normalized spacial score (nSPS) is 11.3. The topological polar surface area (TPSA) is 51.6 Å². The van der Waals surface area contributed by atoms with Crippen LogP contribution >= 0.6 is 22.7 Å². The van der Waals surface area contributed by atoms with E-state index in [1.165, 1.54) is 9.40 Å². The number of hydrogen-bond donors (Lipinski definition) is 0. The van der Waals surface area contributed by atoms with Crippen LogP contribution in [0.3, 0.4) is 0 Å². The van der Waals surface area contributed by atoms with E-state index in [0.717, 1.165) is 43.6 Å². The molecule has 6 rings (SSSR count). The van der Waals surface area contributed by atoms with Gasteiger partial charge in [-0.15, -0.1) is 22.7 Å². The van der Waals surface area contributed by atoms with E-state index in [9.17, 15) is 0 Å². The number of para-hydroxylation sites is 2. The Morgan fingerprint density at radius 1 is 0.567 bits per heavy atom. The lowest BCUT2D eigenvalue weighted by Gasteiger charge is -2.03. The van der Waals surface area contributed by atoms with Gasteiger partial charge >= 0.3 is 0 Å². The molecule has 4 aromatic heterocycles. The summed E-state index contributed by atoms with van der Waals surface area (Å²) in [5.41, 5.74) is 5.78. The zero-order valence-corrected chi connectivity index (χ0v) is 17.3. The molecule has 2 aromatic carbocycles. The maximum Gasteiger partial charge on any atom is 0.126 e. The summed E-state index contributed by atoms with van der Waals surface area (Å²) in [6.07, 6.45) is 3.69. The first-order valence-electron chi connectivity index (χ1n) is 9.48. The molecule has 0 saturated heterocycles. The minimum atomic E-state index is 0.836. The fourth-order valence-electron chi connectivity index (χ4n) is 3.37. The zero-order valence-electron chi connectivity index (χ0n) is 15.7. The molecule has 6 aromatic rings. The Hall–Kier alpha value is -3.48. The van der Waals surface area contributed by atoms with Crippen molar-refractivity contribution in [1.29, 1.82) is 0 Å². The van der Waals surface area contributed by atoms with E-state index in [0.29, 0.717) is 0 Å². The average Bonchev–Trinajstić information content (AvgIpc) is 3.44. The minimum Gasteiger partial charge on any atom is -0.255 e. The smallest absolute Gasteiger partial charge is 0.126 e. The number of nitrogens with zero attached hydrogens (tertiary/aromatic N) is 4. The summed E-state index contributed by atoms with van der Waals surface area (Å²) in [6, 6.07) is 24.5. The summed E-state index contributed by atoms with van der Waals surface area (Å²) in [7, 11) is 0. The van der Waals surface area contributed by atoms with Crippen molar-refractivity contribution in [3.05, 3.63) is 85.2 Å². The summed E-state index contributed by atoms with van der Waals surface area (Å²) in [6.45, 7) is 0. The molecular formula is C24H14N4S2. The zero-order chi connectivity index (χ0) is 19.9. The van der Waals surface area contributed by atoms with Gasteiger partial charge in [0, 0.05) is 23.5 Å². The van der Waals surface area contributed by atoms with Gasteiger partial charge in [-0.2, -0.15) is 0 Å². The summed E-state index contributed by atoms with van der Waals surface area (Å²) in [4.78, 5) is 18.7. The minimum absolute atomic E-state index is 0.836. The third kappa shape index (κ3) is 3.07. The van der Waals surface area contributed by atoms with Crippen LogP contribution in [0.5, 0.6) is 0 Å². The molecule has 4 heterocycles. The first-order valence-corrected chi connectivity index (χ1v) is 11.1. The Morgan fingerprint density at radius 3 is 1.87 bits per heavy atom. The van der Waals surface area contributed by atoms with E-state index >= 15 is 0 Å². The average molecular weight is 423 g/mol. The molecule has 30 heavy (non-hydrogen) atoms. The number of benzene rings is 2. The lowest BCUT2D eigenvalue weighted by Crippen LogP contribution is -1.89. The fourth-order valence-corrected chi connectivity index (χ4v) is 5.28. The van der Waals surface area contributed by atoms with Crippen molar-refractivity contribution in [2.24, 2.45) is 0 Å². The van der Waals surface area contributed by atoms with Gasteiger partial charge in [-0.05, 0) is 48.5 Å². The predicted molar refractivity (Wildman–Crippen MR) is 125 cm³/mol. The van der Waals surface area contributed by atoms with E-state index in [4.69, 9.17) is 9.97 Å². The van der Waals surface area contributed by atoms with Gasteiger partial charge in [0.1, 0.15) is 10.0 Å². The molecule has 0 bridgehead atoms. The quantitative estimate of drug-likeness (QED) is 0.318. The lowest BCUT2D eigenvalue weighted by molar-refractivity contribution is 1.24. The van der Waals surface area contributed by atoms with Gasteiger partial charge < -0.3 is 0 Å². The Labute approximate surface area is 180 Å². The van der Waals surface area contributed by atoms with Crippen LogP contribution < -0.4 is 0 Å². The predicted octanol–water partition coefficient (Wildman–Crippen LogP) is 6.70. The van der Waals surface area contributed by atoms with E-state index in [1.54, 1.807) is 22.7 Å². The molecule has 0 aliphatic carbocycles. The second-order valence-electron chi connectivity index (χ2n) is 6.84. The second-order valence-corrected chi connectivity index (χ2v) is 8.90. The second kappa shape index (κ2) is 7.09. The number of aromatic nitrogens is 4. The number of thiazole rings is 2. The number of fused-ring (bicyclic) bond motifs is 2. The van der Waals surface area contributed by atoms with Gasteiger partial charge in [0.2, 0.25) is 0 Å². The third-order valence-electron chi connectivity index (χ3n) is 4.87. The molecule has 0 atom stereocenters. The number of pyridine rings is 2. The first kappa shape index (κ1) is 17.4. The van der Waals surface area contributed by atoms with Crippen LogP contribution in [0.2, 0.25) is 0 Å². The van der Waals surface area contributed by atoms with Crippen LogP contribution in [0, 0.1) is 0 Å². The number of rotatable bonds is 3. The molecule has 6 heteroatoms. The SMILES string of the molecule is c1ccc2sc(-c3ccc(-c4cc(-c5nc6ccccc6s5)ccn4)nc3)nc2c1. The summed E-state index contributed by atoms with van der Waals surface area (Å²) < 4.78 is 2.37. The molecule has 0 aliphatic rings. The highest BCUT2D eigenvalue weighted by molar-refractivity contribution is 7.22. The Balaban J connectivity index is 1.34. The monoisotopic (exact) mass is 422 g/mol. The fraction of sp³-hybridized carbons (Fsp3) is 0. The van der Waals surface area contributed by atoms with E-state index in [1.807, 2.05) is 60.9 Å². The lowest BCUT2D eigenvalue weighted by atomic mass is 10.1. The highest BCUT2D eigenvalue weighted by Gasteiger charge is 2.10. The van der Waals surface area contributed by atoms with Gasteiger partial charge in [-0.25, -0.2) is 9.97 Å². The largest absolute Gasteiger partial charge is 0.255 e. The van der Waals surface area contributed by atoms with Crippen LogP contribution in [0.1, 0.15) is 0 Å². The van der Waals surface area contributed by atoms with E-state index < -0.39 is 0 Å². The molecule has 0 radical (unpaired) electrons. The van der Waals surface area contributed by atoms with E-state index in [-0.39, 0.29) is 0 Å². The van der Waals surface area contributed by atoms with Crippen molar-refractivity contribution in [3.63, 3.8) is 0 Å². The van der Waals surface area contributed by atoms with Crippen LogP contribution in [0.25, 0.3) is 53.0 Å².